The van der Waals surface area contributed by atoms with Gasteiger partial charge in [0, 0.05) is 6.54 Å². The number of carboxylic acid groups (broad SMARTS) is 1. The van der Waals surface area contributed by atoms with E-state index in [0.717, 1.165) is 22.4 Å². The summed E-state index contributed by atoms with van der Waals surface area (Å²) in [6.45, 7) is 8.62. The SMILES string of the molecule is CCN1C(=O)/C(=C\c2cc(C(C)C)c(OC)cc2C)SC1=Nc1ccc(C(=O)O)cc1. The fourth-order valence-electron chi connectivity index (χ4n) is 3.30. The molecule has 6 nitrogen and oxygen atoms in total. The van der Waals surface area contributed by atoms with Gasteiger partial charge in [-0.15, -0.1) is 0 Å². The van der Waals surface area contributed by atoms with Gasteiger partial charge in [-0.05, 0) is 90.7 Å². The third-order valence-corrected chi connectivity index (χ3v) is 6.08. The summed E-state index contributed by atoms with van der Waals surface area (Å²) < 4.78 is 5.52. The average molecular weight is 439 g/mol. The number of carbonyl (C=O) groups excluding carboxylic acids is 1. The smallest absolute Gasteiger partial charge is 0.335 e. The summed E-state index contributed by atoms with van der Waals surface area (Å²) in [5, 5.41) is 9.63. The van der Waals surface area contributed by atoms with Crippen molar-refractivity contribution in [3.8, 4) is 5.75 Å². The lowest BCUT2D eigenvalue weighted by Crippen LogP contribution is -2.28. The van der Waals surface area contributed by atoms with Crippen LogP contribution in [0.5, 0.6) is 5.75 Å². The van der Waals surface area contributed by atoms with E-state index in [9.17, 15) is 9.59 Å². The summed E-state index contributed by atoms with van der Waals surface area (Å²) in [6.07, 6.45) is 1.91. The number of carboxylic acids is 1. The van der Waals surface area contributed by atoms with E-state index in [2.05, 4.69) is 24.9 Å². The lowest BCUT2D eigenvalue weighted by molar-refractivity contribution is -0.122. The van der Waals surface area contributed by atoms with Crippen molar-refractivity contribution in [3.63, 3.8) is 0 Å². The highest BCUT2D eigenvalue weighted by Gasteiger charge is 2.32. The maximum absolute atomic E-state index is 13.0. The number of carbonyl (C=O) groups is 2. The summed E-state index contributed by atoms with van der Waals surface area (Å²) >= 11 is 1.32. The first-order chi connectivity index (χ1) is 14.7. The molecule has 0 unspecified atom stereocenters. The van der Waals surface area contributed by atoms with E-state index in [1.807, 2.05) is 26.0 Å². The van der Waals surface area contributed by atoms with Crippen molar-refractivity contribution in [2.75, 3.05) is 13.7 Å². The van der Waals surface area contributed by atoms with E-state index in [-0.39, 0.29) is 17.4 Å². The largest absolute Gasteiger partial charge is 0.496 e. The summed E-state index contributed by atoms with van der Waals surface area (Å²) in [5.74, 6) is 0.0651. The molecule has 2 aromatic rings. The second kappa shape index (κ2) is 9.39. The Hall–Kier alpha value is -3.06. The van der Waals surface area contributed by atoms with Crippen LogP contribution in [0.3, 0.4) is 0 Å². The number of aryl methyl sites for hydroxylation is 1. The molecule has 1 fully saturated rings. The summed E-state index contributed by atoms with van der Waals surface area (Å²) in [7, 11) is 1.67. The molecule has 0 saturated carbocycles. The molecule has 1 saturated heterocycles. The van der Waals surface area contributed by atoms with Crippen molar-refractivity contribution < 1.29 is 19.4 Å². The molecule has 0 atom stereocenters. The van der Waals surface area contributed by atoms with Gasteiger partial charge in [-0.3, -0.25) is 9.69 Å². The van der Waals surface area contributed by atoms with Crippen LogP contribution < -0.4 is 4.74 Å². The number of rotatable bonds is 6. The second-order valence-corrected chi connectivity index (χ2v) is 8.52. The van der Waals surface area contributed by atoms with Gasteiger partial charge in [0.05, 0.1) is 23.3 Å². The number of hydrogen-bond donors (Lipinski definition) is 1. The zero-order valence-electron chi connectivity index (χ0n) is 18.3. The molecule has 1 amide bonds. The highest BCUT2D eigenvalue weighted by Crippen LogP contribution is 2.36. The number of ether oxygens (including phenoxy) is 1. The van der Waals surface area contributed by atoms with Crippen molar-refractivity contribution >= 4 is 40.6 Å². The Morgan fingerprint density at radius 2 is 1.94 bits per heavy atom. The Morgan fingerprint density at radius 1 is 1.26 bits per heavy atom. The van der Waals surface area contributed by atoms with Crippen LogP contribution in [0.25, 0.3) is 6.08 Å². The first-order valence-corrected chi connectivity index (χ1v) is 10.9. The van der Waals surface area contributed by atoms with Crippen LogP contribution in [0.4, 0.5) is 5.69 Å². The van der Waals surface area contributed by atoms with E-state index in [4.69, 9.17) is 9.84 Å². The van der Waals surface area contributed by atoms with Crippen LogP contribution in [-0.4, -0.2) is 40.7 Å². The minimum atomic E-state index is -0.986. The molecule has 0 radical (unpaired) electrons. The van der Waals surface area contributed by atoms with Gasteiger partial charge in [-0.25, -0.2) is 9.79 Å². The van der Waals surface area contributed by atoms with E-state index in [1.165, 1.54) is 23.9 Å². The Morgan fingerprint density at radius 3 is 2.48 bits per heavy atom. The van der Waals surface area contributed by atoms with E-state index in [0.29, 0.717) is 22.3 Å². The molecule has 3 rings (SSSR count). The van der Waals surface area contributed by atoms with E-state index < -0.39 is 5.97 Å². The zero-order valence-corrected chi connectivity index (χ0v) is 19.1. The molecule has 1 aliphatic heterocycles. The topological polar surface area (TPSA) is 79.2 Å². The maximum atomic E-state index is 13.0. The van der Waals surface area contributed by atoms with Gasteiger partial charge in [-0.1, -0.05) is 13.8 Å². The van der Waals surface area contributed by atoms with Crippen LogP contribution in [0.1, 0.15) is 53.7 Å². The van der Waals surface area contributed by atoms with E-state index >= 15 is 0 Å². The number of hydrogen-bond acceptors (Lipinski definition) is 5. The fraction of sp³-hybridized carbons (Fsp3) is 0.292. The second-order valence-electron chi connectivity index (χ2n) is 7.51. The molecule has 0 aromatic heterocycles. The van der Waals surface area contributed by atoms with Crippen LogP contribution >= 0.6 is 11.8 Å². The molecule has 1 aliphatic rings. The van der Waals surface area contributed by atoms with Crippen LogP contribution in [-0.2, 0) is 4.79 Å². The van der Waals surface area contributed by atoms with Crippen molar-refractivity contribution in [2.24, 2.45) is 4.99 Å². The molecule has 2 aromatic carbocycles. The van der Waals surface area contributed by atoms with Gasteiger partial charge >= 0.3 is 5.97 Å². The number of likely N-dealkylation sites (N-methyl/N-ethyl adjacent to an activating group) is 1. The Bertz CT molecular complexity index is 1070. The van der Waals surface area contributed by atoms with Gasteiger partial charge in [0.25, 0.3) is 5.91 Å². The average Bonchev–Trinajstić information content (AvgIpc) is 3.03. The van der Waals surface area contributed by atoms with Crippen molar-refractivity contribution in [1.29, 1.82) is 0 Å². The predicted molar refractivity (Wildman–Crippen MR) is 125 cm³/mol. The Labute approximate surface area is 186 Å². The van der Waals surface area contributed by atoms with Crippen LogP contribution in [0.15, 0.2) is 46.3 Å². The number of aliphatic imine (C=N–C) groups is 1. The minimum Gasteiger partial charge on any atom is -0.496 e. The summed E-state index contributed by atoms with van der Waals surface area (Å²) in [5.41, 5.74) is 3.89. The van der Waals surface area contributed by atoms with Gasteiger partial charge in [0.15, 0.2) is 5.17 Å². The summed E-state index contributed by atoms with van der Waals surface area (Å²) in [4.78, 5) is 30.8. The summed E-state index contributed by atoms with van der Waals surface area (Å²) in [6, 6.07) is 10.4. The molecule has 162 valence electrons. The number of amidine groups is 1. The van der Waals surface area contributed by atoms with Crippen molar-refractivity contribution in [3.05, 3.63) is 63.6 Å². The number of methoxy groups -OCH3 is 1. The van der Waals surface area contributed by atoms with Gasteiger partial charge in [0.2, 0.25) is 0 Å². The minimum absolute atomic E-state index is 0.0882. The normalized spacial score (nSPS) is 16.6. The first kappa shape index (κ1) is 22.6. The van der Waals surface area contributed by atoms with Crippen molar-refractivity contribution in [1.82, 2.24) is 4.90 Å². The number of nitrogens with zero attached hydrogens (tertiary/aromatic N) is 2. The van der Waals surface area contributed by atoms with Crippen molar-refractivity contribution in [2.45, 2.75) is 33.6 Å². The molecule has 7 heteroatoms. The zero-order chi connectivity index (χ0) is 22.7. The highest BCUT2D eigenvalue weighted by molar-refractivity contribution is 8.18. The van der Waals surface area contributed by atoms with Gasteiger partial charge in [0.1, 0.15) is 5.75 Å². The first-order valence-electron chi connectivity index (χ1n) is 10.1. The number of thioether (sulfide) groups is 1. The molecule has 1 N–H and O–H groups in total. The highest BCUT2D eigenvalue weighted by atomic mass is 32.2. The van der Waals surface area contributed by atoms with Gasteiger partial charge in [-0.2, -0.15) is 0 Å². The standard InChI is InChI=1S/C24H26N2O4S/c1-6-26-22(27)21(13-17-12-19(14(2)3)20(30-5)11-15(17)4)31-24(26)25-18-9-7-16(8-10-18)23(28)29/h7-14H,6H2,1-5H3,(H,28,29)/b21-13+,25-24?. The molecular formula is C24H26N2O4S. The molecule has 0 spiro atoms. The van der Waals surface area contributed by atoms with Crippen LogP contribution in [0.2, 0.25) is 0 Å². The third kappa shape index (κ3) is 4.82. The molecular weight excluding hydrogens is 412 g/mol. The van der Waals surface area contributed by atoms with E-state index in [1.54, 1.807) is 24.1 Å². The molecule has 0 aliphatic carbocycles. The quantitative estimate of drug-likeness (QED) is 0.607. The third-order valence-electron chi connectivity index (χ3n) is 5.07. The van der Waals surface area contributed by atoms with Gasteiger partial charge < -0.3 is 9.84 Å². The number of amides is 1. The monoisotopic (exact) mass is 438 g/mol. The maximum Gasteiger partial charge on any atom is 0.335 e. The molecule has 1 heterocycles. The number of aromatic carboxylic acids is 1. The van der Waals surface area contributed by atoms with Crippen LogP contribution in [0, 0.1) is 6.92 Å². The fourth-order valence-corrected chi connectivity index (χ4v) is 4.35. The lowest BCUT2D eigenvalue weighted by Gasteiger charge is -2.15. The Kier molecular flexibility index (Phi) is 6.85. The predicted octanol–water partition coefficient (Wildman–Crippen LogP) is 5.45. The molecule has 31 heavy (non-hydrogen) atoms. The Balaban J connectivity index is 1.97. The lowest BCUT2D eigenvalue weighted by atomic mass is 9.96. The molecule has 0 bridgehead atoms. The number of benzene rings is 2.